The second-order valence-corrected chi connectivity index (χ2v) is 8.06. The van der Waals surface area contributed by atoms with Crippen LogP contribution in [0.2, 0.25) is 0 Å². The summed E-state index contributed by atoms with van der Waals surface area (Å²) in [4.78, 5) is 25.9. The number of carbonyl (C=O) groups excluding carboxylic acids is 1. The summed E-state index contributed by atoms with van der Waals surface area (Å²) < 4.78 is 28.0. The standard InChI is InChI=1S/C27H22O8/c1-31-21-12-23(33-3)22(32-2)10-17(21)18-11-24(29)35-20-9-8-16-26(30)19(13-34-27(16)25(18)20)14-4-6-15(28)7-5-14/h4-10,12-13,18,28H,11H2,1-3H3. The summed E-state index contributed by atoms with van der Waals surface area (Å²) in [5, 5.41) is 9.92. The van der Waals surface area contributed by atoms with Crippen molar-refractivity contribution in [2.24, 2.45) is 0 Å². The molecule has 4 aromatic rings. The summed E-state index contributed by atoms with van der Waals surface area (Å²) >= 11 is 0. The van der Waals surface area contributed by atoms with Gasteiger partial charge >= 0.3 is 5.97 Å². The number of hydrogen-bond donors (Lipinski definition) is 1. The Hall–Kier alpha value is -4.46. The number of hydrogen-bond acceptors (Lipinski definition) is 8. The molecule has 2 heterocycles. The van der Waals surface area contributed by atoms with Crippen LogP contribution in [-0.4, -0.2) is 32.4 Å². The predicted molar refractivity (Wildman–Crippen MR) is 128 cm³/mol. The Labute approximate surface area is 200 Å². The number of esters is 1. The highest BCUT2D eigenvalue weighted by atomic mass is 16.5. The van der Waals surface area contributed by atoms with Crippen LogP contribution in [0.4, 0.5) is 0 Å². The molecule has 5 rings (SSSR count). The minimum Gasteiger partial charge on any atom is -0.508 e. The second kappa shape index (κ2) is 8.72. The summed E-state index contributed by atoms with van der Waals surface area (Å²) in [5.74, 6) is 0.926. The zero-order valence-electron chi connectivity index (χ0n) is 19.3. The van der Waals surface area contributed by atoms with Gasteiger partial charge in [0.2, 0.25) is 5.43 Å². The van der Waals surface area contributed by atoms with E-state index in [4.69, 9.17) is 23.4 Å². The third-order valence-corrected chi connectivity index (χ3v) is 6.17. The molecule has 0 aliphatic carbocycles. The van der Waals surface area contributed by atoms with E-state index in [0.717, 1.165) is 0 Å². The van der Waals surface area contributed by atoms with E-state index in [1.807, 2.05) is 0 Å². The van der Waals surface area contributed by atoms with Crippen molar-refractivity contribution in [3.8, 4) is 39.9 Å². The molecular weight excluding hydrogens is 452 g/mol. The van der Waals surface area contributed by atoms with Gasteiger partial charge in [0.25, 0.3) is 0 Å². The van der Waals surface area contributed by atoms with E-state index in [1.165, 1.54) is 39.7 Å². The van der Waals surface area contributed by atoms with Crippen molar-refractivity contribution < 1.29 is 33.3 Å². The van der Waals surface area contributed by atoms with Crippen LogP contribution in [0.1, 0.15) is 23.5 Å². The molecule has 1 aromatic heterocycles. The van der Waals surface area contributed by atoms with Gasteiger partial charge < -0.3 is 28.5 Å². The quantitative estimate of drug-likeness (QED) is 0.330. The minimum atomic E-state index is -0.521. The van der Waals surface area contributed by atoms with E-state index in [9.17, 15) is 14.7 Å². The van der Waals surface area contributed by atoms with Crippen molar-refractivity contribution in [2.75, 3.05) is 21.3 Å². The number of ether oxygens (including phenoxy) is 4. The van der Waals surface area contributed by atoms with Crippen molar-refractivity contribution in [2.45, 2.75) is 12.3 Å². The normalized spacial score (nSPS) is 14.8. The Kier molecular flexibility index (Phi) is 5.56. The average molecular weight is 474 g/mol. The van der Waals surface area contributed by atoms with Crippen molar-refractivity contribution >= 4 is 16.9 Å². The fourth-order valence-electron chi connectivity index (χ4n) is 4.49. The molecule has 0 saturated carbocycles. The lowest BCUT2D eigenvalue weighted by Crippen LogP contribution is -2.22. The van der Waals surface area contributed by atoms with E-state index < -0.39 is 11.9 Å². The molecule has 8 nitrogen and oxygen atoms in total. The largest absolute Gasteiger partial charge is 0.508 e. The van der Waals surface area contributed by atoms with Gasteiger partial charge in [-0.15, -0.1) is 0 Å². The van der Waals surface area contributed by atoms with Gasteiger partial charge in [-0.1, -0.05) is 12.1 Å². The van der Waals surface area contributed by atoms with Gasteiger partial charge in [-0.05, 0) is 35.9 Å². The van der Waals surface area contributed by atoms with E-state index >= 15 is 0 Å². The first-order chi connectivity index (χ1) is 16.9. The molecule has 35 heavy (non-hydrogen) atoms. The third-order valence-electron chi connectivity index (χ3n) is 6.17. The minimum absolute atomic E-state index is 0.0153. The van der Waals surface area contributed by atoms with Crippen LogP contribution in [0.3, 0.4) is 0 Å². The summed E-state index contributed by atoms with van der Waals surface area (Å²) in [6, 6.07) is 12.9. The first kappa shape index (κ1) is 22.3. The Balaban J connectivity index is 1.74. The average Bonchev–Trinajstić information content (AvgIpc) is 2.87. The fourth-order valence-corrected chi connectivity index (χ4v) is 4.49. The lowest BCUT2D eigenvalue weighted by molar-refractivity contribution is -0.135. The first-order valence-electron chi connectivity index (χ1n) is 10.8. The van der Waals surface area contributed by atoms with Crippen LogP contribution in [0.25, 0.3) is 22.1 Å². The van der Waals surface area contributed by atoms with Gasteiger partial charge in [0.1, 0.15) is 29.1 Å². The lowest BCUT2D eigenvalue weighted by Gasteiger charge is -2.27. The molecule has 3 aromatic carbocycles. The van der Waals surface area contributed by atoms with Crippen LogP contribution >= 0.6 is 0 Å². The molecule has 1 unspecified atom stereocenters. The Morgan fingerprint density at radius 2 is 1.57 bits per heavy atom. The van der Waals surface area contributed by atoms with Crippen molar-refractivity contribution in [3.05, 3.63) is 76.1 Å². The van der Waals surface area contributed by atoms with Gasteiger partial charge in [-0.25, -0.2) is 0 Å². The van der Waals surface area contributed by atoms with Crippen molar-refractivity contribution in [3.63, 3.8) is 0 Å². The Bertz CT molecular complexity index is 1500. The summed E-state index contributed by atoms with van der Waals surface area (Å²) in [7, 11) is 4.58. The number of fused-ring (bicyclic) bond motifs is 3. The Morgan fingerprint density at radius 3 is 2.26 bits per heavy atom. The fraction of sp³-hybridized carbons (Fsp3) is 0.185. The van der Waals surface area contributed by atoms with Gasteiger partial charge in [0.15, 0.2) is 11.5 Å². The topological polar surface area (TPSA) is 104 Å². The third kappa shape index (κ3) is 3.73. The van der Waals surface area contributed by atoms with Gasteiger partial charge in [0, 0.05) is 23.1 Å². The van der Waals surface area contributed by atoms with Gasteiger partial charge in [-0.3, -0.25) is 9.59 Å². The summed E-state index contributed by atoms with van der Waals surface area (Å²) in [6.07, 6.45) is 1.40. The zero-order valence-corrected chi connectivity index (χ0v) is 19.3. The maximum absolute atomic E-state index is 13.4. The van der Waals surface area contributed by atoms with E-state index in [0.29, 0.717) is 56.2 Å². The molecule has 0 fully saturated rings. The van der Waals surface area contributed by atoms with Crippen LogP contribution in [0.5, 0.6) is 28.7 Å². The molecule has 178 valence electrons. The van der Waals surface area contributed by atoms with Crippen LogP contribution in [0.15, 0.2) is 64.0 Å². The lowest BCUT2D eigenvalue weighted by atomic mass is 9.84. The highest BCUT2D eigenvalue weighted by Crippen LogP contribution is 2.48. The molecule has 0 bridgehead atoms. The number of phenolic OH excluding ortho intramolecular Hbond substituents is 1. The molecule has 0 radical (unpaired) electrons. The predicted octanol–water partition coefficient (Wildman–Crippen LogP) is 4.63. The SMILES string of the molecule is COc1cc(OC)c(C2CC(=O)Oc3ccc4c(=O)c(-c5ccc(O)cc5)coc4c32)cc1OC. The number of methoxy groups -OCH3 is 3. The molecule has 1 aliphatic rings. The first-order valence-corrected chi connectivity index (χ1v) is 10.8. The summed E-state index contributed by atoms with van der Waals surface area (Å²) in [5.41, 5.74) is 2.29. The maximum atomic E-state index is 13.4. The number of aromatic hydroxyl groups is 1. The molecule has 1 atom stereocenters. The molecule has 1 N–H and O–H groups in total. The number of carbonyl (C=O) groups is 1. The van der Waals surface area contributed by atoms with Gasteiger partial charge in [0.05, 0.1) is 38.7 Å². The highest BCUT2D eigenvalue weighted by Gasteiger charge is 2.34. The van der Waals surface area contributed by atoms with E-state index in [2.05, 4.69) is 0 Å². The number of rotatable bonds is 5. The van der Waals surface area contributed by atoms with Gasteiger partial charge in [-0.2, -0.15) is 0 Å². The monoisotopic (exact) mass is 474 g/mol. The zero-order chi connectivity index (χ0) is 24.7. The van der Waals surface area contributed by atoms with Crippen molar-refractivity contribution in [1.29, 1.82) is 0 Å². The van der Waals surface area contributed by atoms with Crippen LogP contribution < -0.4 is 24.4 Å². The van der Waals surface area contributed by atoms with E-state index in [1.54, 1.807) is 36.4 Å². The molecular formula is C27H22O8. The number of benzene rings is 3. The molecule has 1 aliphatic heterocycles. The molecule has 0 spiro atoms. The summed E-state index contributed by atoms with van der Waals surface area (Å²) in [6.45, 7) is 0. The maximum Gasteiger partial charge on any atom is 0.312 e. The molecule has 0 amide bonds. The molecule has 8 heteroatoms. The number of phenols is 1. The van der Waals surface area contributed by atoms with Crippen LogP contribution in [0, 0.1) is 0 Å². The molecule has 0 saturated heterocycles. The highest BCUT2D eigenvalue weighted by molar-refractivity contribution is 5.90. The van der Waals surface area contributed by atoms with Crippen molar-refractivity contribution in [1.82, 2.24) is 0 Å². The second-order valence-electron chi connectivity index (χ2n) is 8.06. The Morgan fingerprint density at radius 1 is 0.886 bits per heavy atom. The van der Waals surface area contributed by atoms with E-state index in [-0.39, 0.29) is 17.6 Å². The smallest absolute Gasteiger partial charge is 0.312 e. The van der Waals surface area contributed by atoms with Crippen LogP contribution in [-0.2, 0) is 4.79 Å².